The number of nitrogens with one attached hydrogen (secondary N) is 4. The number of aromatic hydroxyl groups is 1. The van der Waals surface area contributed by atoms with Crippen LogP contribution in [0.1, 0.15) is 127 Å². The van der Waals surface area contributed by atoms with Crippen molar-refractivity contribution in [2.45, 2.75) is 154 Å². The molecular formula is C49H68N6O10. The van der Waals surface area contributed by atoms with Crippen molar-refractivity contribution in [1.82, 2.24) is 21.3 Å². The Hall–Kier alpha value is -6.32. The highest BCUT2D eigenvalue weighted by Gasteiger charge is 2.30. The van der Waals surface area contributed by atoms with E-state index >= 15 is 0 Å². The van der Waals surface area contributed by atoms with Gasteiger partial charge < -0.3 is 37.2 Å². The monoisotopic (exact) mass is 900 g/mol. The smallest absolute Gasteiger partial charge is 0.326 e. The van der Waals surface area contributed by atoms with Gasteiger partial charge in [-0.3, -0.25) is 34.1 Å². The van der Waals surface area contributed by atoms with Crippen LogP contribution in [0, 0.1) is 16.0 Å². The van der Waals surface area contributed by atoms with Crippen molar-refractivity contribution >= 4 is 41.2 Å². The second-order valence-corrected chi connectivity index (χ2v) is 16.8. The zero-order valence-electron chi connectivity index (χ0n) is 37.8. The Balaban J connectivity index is 1.31. The summed E-state index contributed by atoms with van der Waals surface area (Å²) in [5, 5.41) is 42.0. The lowest BCUT2D eigenvalue weighted by Gasteiger charge is -2.26. The lowest BCUT2D eigenvalue weighted by molar-refractivity contribution is -0.385. The first-order valence-corrected chi connectivity index (χ1v) is 22.9. The van der Waals surface area contributed by atoms with E-state index in [2.05, 4.69) is 21.3 Å². The highest BCUT2D eigenvalue weighted by atomic mass is 16.6. The van der Waals surface area contributed by atoms with E-state index in [-0.39, 0.29) is 37.5 Å². The van der Waals surface area contributed by atoms with E-state index in [1.807, 2.05) is 44.2 Å². The van der Waals surface area contributed by atoms with Crippen LogP contribution in [-0.4, -0.2) is 74.8 Å². The molecule has 3 aromatic rings. The predicted octanol–water partition coefficient (Wildman–Crippen LogP) is 6.34. The van der Waals surface area contributed by atoms with Crippen LogP contribution in [-0.2, 0) is 48.0 Å². The number of phenolic OH excluding ortho intramolecular Hbond substituents is 1. The molecule has 5 amide bonds. The molecule has 16 heteroatoms. The van der Waals surface area contributed by atoms with Gasteiger partial charge in [0.1, 0.15) is 24.2 Å². The quantitative estimate of drug-likeness (QED) is 0.0208. The number of phenols is 1. The number of aliphatic carboxylic acids is 1. The van der Waals surface area contributed by atoms with Crippen LogP contribution in [0.3, 0.4) is 0 Å². The zero-order chi connectivity index (χ0) is 47.6. The summed E-state index contributed by atoms with van der Waals surface area (Å²) in [6.45, 7) is 3.84. The molecule has 0 aliphatic carbocycles. The van der Waals surface area contributed by atoms with E-state index < -0.39 is 70.1 Å². The van der Waals surface area contributed by atoms with Crippen LogP contribution in [0.2, 0.25) is 0 Å². The minimum Gasteiger partial charge on any atom is -0.502 e. The first-order valence-electron chi connectivity index (χ1n) is 22.9. The Morgan fingerprint density at radius 2 is 1.05 bits per heavy atom. The number of hydrogen-bond donors (Lipinski definition) is 7. The lowest BCUT2D eigenvalue weighted by Crippen LogP contribution is -2.55. The van der Waals surface area contributed by atoms with Gasteiger partial charge >= 0.3 is 11.7 Å². The molecule has 0 fully saturated rings. The third-order valence-electron chi connectivity index (χ3n) is 11.5. The molecule has 0 aromatic heterocycles. The summed E-state index contributed by atoms with van der Waals surface area (Å²) in [4.78, 5) is 87.3. The average Bonchev–Trinajstić information content (AvgIpc) is 3.28. The molecule has 0 spiro atoms. The Morgan fingerprint density at radius 3 is 1.51 bits per heavy atom. The topological polar surface area (TPSA) is 260 Å². The van der Waals surface area contributed by atoms with Gasteiger partial charge in [-0.2, -0.15) is 0 Å². The molecule has 8 N–H and O–H groups in total. The minimum absolute atomic E-state index is 0.0132. The Morgan fingerprint density at radius 1 is 0.600 bits per heavy atom. The molecular weight excluding hydrogens is 833 g/mol. The minimum atomic E-state index is -1.28. The fourth-order valence-corrected chi connectivity index (χ4v) is 7.50. The highest BCUT2D eigenvalue weighted by molar-refractivity contribution is 5.92. The molecule has 5 atom stereocenters. The number of carboxylic acids is 1. The number of carbonyl (C=O) groups excluding carboxylic acids is 5. The Labute approximate surface area is 382 Å². The standard InChI is InChI=1S/C49H68N6O10/c1-3-34(2)45(48(61)52-38(46(50)59)30-35-22-16-14-17-23-35)54-44(58)27-21-13-11-9-7-5-4-6-8-10-12-20-26-43(57)51-39(32-37-28-29-42(56)41(33-37)55(64)65)47(60)53-40(49(62)63)31-36-24-18-15-19-25-36/h14-19,22-25,28-29,33-34,38-40,45,56H,3-13,20-21,26-27,30-32H2,1-2H3,(H2,50,59)(H,51,57)(H,52,61)(H,53,60)(H,54,58)(H,62,63)/t34?,38-,39-,40-,45?/m0/s1. The van der Waals surface area contributed by atoms with Gasteiger partial charge in [-0.05, 0) is 41.5 Å². The molecule has 0 heterocycles. The third kappa shape index (κ3) is 20.4. The van der Waals surface area contributed by atoms with Gasteiger partial charge in [0, 0.05) is 38.2 Å². The van der Waals surface area contributed by atoms with Crippen molar-refractivity contribution in [2.75, 3.05) is 0 Å². The second-order valence-electron chi connectivity index (χ2n) is 16.8. The summed E-state index contributed by atoms with van der Waals surface area (Å²) >= 11 is 0. The zero-order valence-corrected chi connectivity index (χ0v) is 37.8. The normalized spacial score (nSPS) is 13.3. The third-order valence-corrected chi connectivity index (χ3v) is 11.5. The van der Waals surface area contributed by atoms with Gasteiger partial charge in [-0.1, -0.05) is 151 Å². The van der Waals surface area contributed by atoms with Crippen LogP contribution in [0.4, 0.5) is 5.69 Å². The molecule has 3 rings (SSSR count). The molecule has 65 heavy (non-hydrogen) atoms. The SMILES string of the molecule is CCC(C)C(NC(=O)CCCCCCCCCCCCCCC(=O)N[C@@H](Cc1ccc(O)c([N+](=O)[O-])c1)C(=O)N[C@@H](Cc1ccccc1)C(=O)O)C(=O)N[C@@H](Cc1ccccc1)C(N)=O. The first kappa shape index (κ1) is 53.0. The van der Waals surface area contributed by atoms with Crippen molar-refractivity contribution in [3.05, 3.63) is 106 Å². The average molecular weight is 901 g/mol. The first-order chi connectivity index (χ1) is 31.2. The number of nitro benzene ring substituents is 1. The fourth-order valence-electron chi connectivity index (χ4n) is 7.50. The molecule has 0 saturated carbocycles. The van der Waals surface area contributed by atoms with E-state index in [0.717, 1.165) is 81.9 Å². The molecule has 0 bridgehead atoms. The van der Waals surface area contributed by atoms with Gasteiger partial charge in [0.05, 0.1) is 4.92 Å². The number of nitrogens with zero attached hydrogens (tertiary/aromatic N) is 1. The summed E-state index contributed by atoms with van der Waals surface area (Å²) in [5.41, 5.74) is 6.91. The van der Waals surface area contributed by atoms with Gasteiger partial charge in [0.2, 0.25) is 29.5 Å². The van der Waals surface area contributed by atoms with Crippen LogP contribution < -0.4 is 27.0 Å². The second kappa shape index (κ2) is 29.2. The van der Waals surface area contributed by atoms with Gasteiger partial charge in [0.25, 0.3) is 0 Å². The number of primary amides is 1. The maximum Gasteiger partial charge on any atom is 0.326 e. The fraction of sp³-hybridized carbons (Fsp3) is 0.510. The number of rotatable bonds is 32. The van der Waals surface area contributed by atoms with E-state index in [9.17, 15) is 49.1 Å². The summed E-state index contributed by atoms with van der Waals surface area (Å²) in [7, 11) is 0. The number of nitro groups is 1. The molecule has 0 saturated heterocycles. The van der Waals surface area contributed by atoms with E-state index in [0.29, 0.717) is 36.8 Å². The maximum atomic E-state index is 13.4. The summed E-state index contributed by atoms with van der Waals surface area (Å²) < 4.78 is 0. The number of unbranched alkanes of at least 4 members (excludes halogenated alkanes) is 11. The molecule has 3 aromatic carbocycles. The summed E-state index contributed by atoms with van der Waals surface area (Å²) in [5.74, 6) is -4.32. The van der Waals surface area contributed by atoms with E-state index in [1.165, 1.54) is 6.07 Å². The summed E-state index contributed by atoms with van der Waals surface area (Å²) in [6.07, 6.45) is 12.7. The molecule has 0 radical (unpaired) electrons. The highest BCUT2D eigenvalue weighted by Crippen LogP contribution is 2.27. The number of carboxylic acid groups (broad SMARTS) is 1. The van der Waals surface area contributed by atoms with E-state index in [1.54, 1.807) is 30.3 Å². The van der Waals surface area contributed by atoms with Gasteiger partial charge in [-0.25, -0.2) is 4.79 Å². The van der Waals surface area contributed by atoms with Crippen LogP contribution in [0.5, 0.6) is 5.75 Å². The van der Waals surface area contributed by atoms with Crippen molar-refractivity contribution in [1.29, 1.82) is 0 Å². The van der Waals surface area contributed by atoms with Gasteiger partial charge in [-0.15, -0.1) is 0 Å². The van der Waals surface area contributed by atoms with Crippen LogP contribution >= 0.6 is 0 Å². The van der Waals surface area contributed by atoms with Crippen molar-refractivity contribution < 1.29 is 43.9 Å². The van der Waals surface area contributed by atoms with Crippen LogP contribution in [0.25, 0.3) is 0 Å². The molecule has 354 valence electrons. The predicted molar refractivity (Wildman–Crippen MR) is 247 cm³/mol. The number of carbonyl (C=O) groups is 6. The number of benzene rings is 3. The number of hydrogen-bond acceptors (Lipinski definition) is 9. The van der Waals surface area contributed by atoms with Gasteiger partial charge in [0.15, 0.2) is 5.75 Å². The lowest BCUT2D eigenvalue weighted by atomic mass is 9.97. The van der Waals surface area contributed by atoms with Crippen LogP contribution in [0.15, 0.2) is 78.9 Å². The molecule has 0 aliphatic heterocycles. The largest absolute Gasteiger partial charge is 0.502 e. The number of amides is 5. The summed E-state index contributed by atoms with van der Waals surface area (Å²) in [6, 6.07) is 17.6. The Kier molecular flexibility index (Phi) is 23.8. The molecule has 0 aliphatic rings. The van der Waals surface area contributed by atoms with Crippen molar-refractivity contribution in [3.63, 3.8) is 0 Å². The van der Waals surface area contributed by atoms with Crippen molar-refractivity contribution in [3.8, 4) is 5.75 Å². The molecule has 16 nitrogen and oxygen atoms in total. The van der Waals surface area contributed by atoms with Crippen molar-refractivity contribution in [2.24, 2.45) is 11.7 Å². The van der Waals surface area contributed by atoms with E-state index in [4.69, 9.17) is 5.73 Å². The maximum absolute atomic E-state index is 13.4. The molecule has 2 unspecified atom stereocenters. The number of nitrogens with two attached hydrogens (primary N) is 1. The Bertz CT molecular complexity index is 1980.